The Balaban J connectivity index is 2.11. The van der Waals surface area contributed by atoms with Gasteiger partial charge in [0.05, 0.1) is 11.1 Å². The zero-order valence-electron chi connectivity index (χ0n) is 13.4. The maximum Gasteiger partial charge on any atom is 0.166 e. The highest BCUT2D eigenvalue weighted by molar-refractivity contribution is 5.91. The van der Waals surface area contributed by atoms with Gasteiger partial charge in [0.1, 0.15) is 17.3 Å². The van der Waals surface area contributed by atoms with Gasteiger partial charge in [0.15, 0.2) is 5.82 Å². The van der Waals surface area contributed by atoms with Gasteiger partial charge in [-0.15, -0.1) is 0 Å². The molecule has 124 valence electrons. The molecule has 2 aromatic carbocycles. The molecule has 0 aliphatic rings. The maximum absolute atomic E-state index is 10.1. The van der Waals surface area contributed by atoms with Crippen molar-refractivity contribution in [2.45, 2.75) is 19.4 Å². The van der Waals surface area contributed by atoms with E-state index in [1.165, 1.54) is 18.2 Å². The Bertz CT molecular complexity index is 867. The molecule has 3 aromatic rings. The third-order valence-electron chi connectivity index (χ3n) is 3.88. The summed E-state index contributed by atoms with van der Waals surface area (Å²) in [6, 6.07) is 11.9. The zero-order valence-corrected chi connectivity index (χ0v) is 13.4. The smallest absolute Gasteiger partial charge is 0.166 e. The Morgan fingerprint density at radius 3 is 2.71 bits per heavy atom. The fourth-order valence-corrected chi connectivity index (χ4v) is 2.41. The van der Waals surface area contributed by atoms with E-state index in [2.05, 4.69) is 15.3 Å². The number of hydrogen-bond acceptors (Lipinski definition) is 6. The molecule has 0 aliphatic heterocycles. The van der Waals surface area contributed by atoms with Gasteiger partial charge >= 0.3 is 0 Å². The van der Waals surface area contributed by atoms with Crippen LogP contribution in [0.3, 0.4) is 0 Å². The van der Waals surface area contributed by atoms with Gasteiger partial charge in [-0.05, 0) is 36.8 Å². The number of nitrogens with zero attached hydrogens (tertiary/aromatic N) is 2. The average Bonchev–Trinajstić information content (AvgIpc) is 2.61. The van der Waals surface area contributed by atoms with Gasteiger partial charge in [-0.2, -0.15) is 0 Å². The van der Waals surface area contributed by atoms with Crippen LogP contribution in [0.25, 0.3) is 22.3 Å². The van der Waals surface area contributed by atoms with E-state index in [0.717, 1.165) is 17.3 Å². The average molecular weight is 324 g/mol. The lowest BCUT2D eigenvalue weighted by Crippen LogP contribution is -2.28. The predicted molar refractivity (Wildman–Crippen MR) is 95.1 cm³/mol. The summed E-state index contributed by atoms with van der Waals surface area (Å²) in [5.74, 6) is 1.05. The summed E-state index contributed by atoms with van der Waals surface area (Å²) >= 11 is 0. The van der Waals surface area contributed by atoms with E-state index < -0.39 is 0 Å². The molecule has 1 atom stereocenters. The number of phenols is 2. The Morgan fingerprint density at radius 2 is 1.92 bits per heavy atom. The third kappa shape index (κ3) is 3.23. The van der Waals surface area contributed by atoms with Crippen LogP contribution in [-0.4, -0.2) is 32.8 Å². The lowest BCUT2D eigenvalue weighted by molar-refractivity contribution is 0.461. The van der Waals surface area contributed by atoms with E-state index in [9.17, 15) is 10.2 Å². The number of rotatable bonds is 5. The van der Waals surface area contributed by atoms with Crippen molar-refractivity contribution in [1.82, 2.24) is 9.97 Å². The topological polar surface area (TPSA) is 104 Å². The number of anilines is 1. The fraction of sp³-hybridized carbons (Fsp3) is 0.222. The quantitative estimate of drug-likeness (QED) is 0.538. The van der Waals surface area contributed by atoms with E-state index in [1.54, 1.807) is 0 Å². The first-order valence-corrected chi connectivity index (χ1v) is 7.87. The molecule has 5 N–H and O–H groups in total. The van der Waals surface area contributed by atoms with Gasteiger partial charge in [0.25, 0.3) is 0 Å². The van der Waals surface area contributed by atoms with Gasteiger partial charge in [0, 0.05) is 18.0 Å². The van der Waals surface area contributed by atoms with Crippen molar-refractivity contribution in [2.75, 3.05) is 11.9 Å². The second-order valence-corrected chi connectivity index (χ2v) is 5.66. The van der Waals surface area contributed by atoms with Crippen LogP contribution in [-0.2, 0) is 0 Å². The molecule has 0 bridgehead atoms. The van der Waals surface area contributed by atoms with Gasteiger partial charge in [-0.1, -0.05) is 19.1 Å². The number of aromatic nitrogens is 2. The Kier molecular flexibility index (Phi) is 4.48. The number of nitrogens with two attached hydrogens (primary N) is 1. The molecule has 0 unspecified atom stereocenters. The highest BCUT2D eigenvalue weighted by Crippen LogP contribution is 2.32. The minimum atomic E-state index is 0.0132. The van der Waals surface area contributed by atoms with Crippen molar-refractivity contribution in [3.63, 3.8) is 0 Å². The van der Waals surface area contributed by atoms with Gasteiger partial charge in [0.2, 0.25) is 0 Å². The molecule has 0 saturated carbocycles. The van der Waals surface area contributed by atoms with E-state index in [-0.39, 0.29) is 17.5 Å². The van der Waals surface area contributed by atoms with Crippen molar-refractivity contribution < 1.29 is 10.2 Å². The van der Waals surface area contributed by atoms with Gasteiger partial charge in [-0.3, -0.25) is 0 Å². The number of para-hydroxylation sites is 1. The summed E-state index contributed by atoms with van der Waals surface area (Å²) in [5.41, 5.74) is 7.11. The highest BCUT2D eigenvalue weighted by Gasteiger charge is 2.13. The standard InChI is InChI=1S/C18H20N4O2/c1-2-11(19)10-20-17-13-5-3-4-6-15(13)21-18(22-17)14-9-12(23)7-8-16(14)24/h3-9,11,23-24H,2,10,19H2,1H3,(H,20,21,22)/t11-/m0/s1. The molecule has 0 amide bonds. The summed E-state index contributed by atoms with van der Waals surface area (Å²) in [6.45, 7) is 2.61. The van der Waals surface area contributed by atoms with Crippen molar-refractivity contribution in [2.24, 2.45) is 5.73 Å². The van der Waals surface area contributed by atoms with Gasteiger partial charge in [-0.25, -0.2) is 9.97 Å². The van der Waals surface area contributed by atoms with E-state index >= 15 is 0 Å². The minimum absolute atomic E-state index is 0.0132. The molecule has 24 heavy (non-hydrogen) atoms. The first-order chi connectivity index (χ1) is 11.6. The molecule has 3 rings (SSSR count). The third-order valence-corrected chi connectivity index (χ3v) is 3.88. The van der Waals surface area contributed by atoms with Crippen molar-refractivity contribution in [3.8, 4) is 22.9 Å². The molecule has 0 fully saturated rings. The largest absolute Gasteiger partial charge is 0.508 e. The Hall–Kier alpha value is -2.86. The minimum Gasteiger partial charge on any atom is -0.508 e. The van der Waals surface area contributed by atoms with Crippen LogP contribution in [0.2, 0.25) is 0 Å². The number of benzene rings is 2. The molecule has 0 radical (unpaired) electrons. The van der Waals surface area contributed by atoms with Crippen LogP contribution in [0, 0.1) is 0 Å². The number of fused-ring (bicyclic) bond motifs is 1. The van der Waals surface area contributed by atoms with Crippen molar-refractivity contribution in [1.29, 1.82) is 0 Å². The summed E-state index contributed by atoms with van der Waals surface area (Å²) in [7, 11) is 0. The van der Waals surface area contributed by atoms with E-state index in [4.69, 9.17) is 5.73 Å². The first-order valence-electron chi connectivity index (χ1n) is 7.87. The molecule has 6 nitrogen and oxygen atoms in total. The summed E-state index contributed by atoms with van der Waals surface area (Å²) in [6.07, 6.45) is 0.857. The maximum atomic E-state index is 10.1. The van der Waals surface area contributed by atoms with Crippen molar-refractivity contribution >= 4 is 16.7 Å². The second kappa shape index (κ2) is 6.72. The first kappa shape index (κ1) is 16.0. The molecule has 0 aliphatic carbocycles. The monoisotopic (exact) mass is 324 g/mol. The number of hydrogen-bond donors (Lipinski definition) is 4. The molecule has 0 spiro atoms. The Morgan fingerprint density at radius 1 is 1.12 bits per heavy atom. The van der Waals surface area contributed by atoms with Gasteiger partial charge < -0.3 is 21.3 Å². The second-order valence-electron chi connectivity index (χ2n) is 5.66. The molecule has 0 saturated heterocycles. The number of phenolic OH excluding ortho intramolecular Hbond substituents is 2. The van der Waals surface area contributed by atoms with Crippen LogP contribution in [0.4, 0.5) is 5.82 Å². The molecular weight excluding hydrogens is 304 g/mol. The summed E-state index contributed by atoms with van der Waals surface area (Å²) in [4.78, 5) is 9.03. The molecular formula is C18H20N4O2. The van der Waals surface area contributed by atoms with Crippen LogP contribution in [0.5, 0.6) is 11.5 Å². The molecule has 1 aromatic heterocycles. The fourth-order valence-electron chi connectivity index (χ4n) is 2.41. The van der Waals surface area contributed by atoms with Crippen LogP contribution in [0.15, 0.2) is 42.5 Å². The number of nitrogens with one attached hydrogen (secondary N) is 1. The molecule has 6 heteroatoms. The normalized spacial score (nSPS) is 12.2. The lowest BCUT2D eigenvalue weighted by Gasteiger charge is -2.14. The van der Waals surface area contributed by atoms with E-state index in [1.807, 2.05) is 31.2 Å². The SMILES string of the molecule is CC[C@H](N)CNc1nc(-c2cc(O)ccc2O)nc2ccccc12. The summed E-state index contributed by atoms with van der Waals surface area (Å²) in [5, 5.41) is 23.9. The van der Waals surface area contributed by atoms with Crippen molar-refractivity contribution in [3.05, 3.63) is 42.5 Å². The summed E-state index contributed by atoms with van der Waals surface area (Å²) < 4.78 is 0. The zero-order chi connectivity index (χ0) is 17.1. The highest BCUT2D eigenvalue weighted by atomic mass is 16.3. The number of aromatic hydroxyl groups is 2. The Labute approximate surface area is 140 Å². The van der Waals surface area contributed by atoms with E-state index in [0.29, 0.717) is 23.8 Å². The van der Waals surface area contributed by atoms with Crippen LogP contribution in [0.1, 0.15) is 13.3 Å². The van der Waals surface area contributed by atoms with Crippen LogP contribution >= 0.6 is 0 Å². The predicted octanol–water partition coefficient (Wildman–Crippen LogP) is 2.86. The molecule has 1 heterocycles. The van der Waals surface area contributed by atoms with Crippen LogP contribution < -0.4 is 11.1 Å². The lowest BCUT2D eigenvalue weighted by atomic mass is 10.1.